The van der Waals surface area contributed by atoms with Gasteiger partial charge < -0.3 is 4.79 Å². The molecule has 1 aromatic heterocycles. The molecule has 0 saturated carbocycles. The smallest absolute Gasteiger partial charge is 0.191 e. The van der Waals surface area contributed by atoms with Crippen LogP contribution < -0.4 is 0 Å². The van der Waals surface area contributed by atoms with Crippen LogP contribution >= 0.6 is 23.4 Å². The topological polar surface area (TPSA) is 47.8 Å². The van der Waals surface area contributed by atoms with E-state index in [0.717, 1.165) is 28.7 Å². The van der Waals surface area contributed by atoms with E-state index in [2.05, 4.69) is 26.9 Å². The highest BCUT2D eigenvalue weighted by atomic mass is 35.5. The lowest BCUT2D eigenvalue weighted by atomic mass is 10.2. The summed E-state index contributed by atoms with van der Waals surface area (Å²) in [6.07, 6.45) is 1.43. The number of nitrogens with zero attached hydrogens (tertiary/aromatic N) is 3. The number of ketones is 1. The van der Waals surface area contributed by atoms with E-state index >= 15 is 0 Å². The van der Waals surface area contributed by atoms with Gasteiger partial charge >= 0.3 is 0 Å². The van der Waals surface area contributed by atoms with Gasteiger partial charge in [0.15, 0.2) is 11.0 Å². The highest BCUT2D eigenvalue weighted by Crippen LogP contribution is 2.30. The zero-order valence-electron chi connectivity index (χ0n) is 14.6. The lowest BCUT2D eigenvalue weighted by Gasteiger charge is -2.11. The van der Waals surface area contributed by atoms with Crippen LogP contribution in [0.2, 0.25) is 5.02 Å². The quantitative estimate of drug-likeness (QED) is 0.399. The van der Waals surface area contributed by atoms with Gasteiger partial charge in [-0.15, -0.1) is 10.2 Å². The second kappa shape index (κ2) is 9.01. The first kappa shape index (κ1) is 18.7. The molecule has 134 valence electrons. The largest absolute Gasteiger partial charge is 0.300 e. The summed E-state index contributed by atoms with van der Waals surface area (Å²) in [7, 11) is 0. The summed E-state index contributed by atoms with van der Waals surface area (Å²) < 4.78 is 2.09. The fourth-order valence-corrected chi connectivity index (χ4v) is 3.73. The van der Waals surface area contributed by atoms with Gasteiger partial charge in [-0.2, -0.15) is 0 Å². The molecular weight excluding hydrogens is 366 g/mol. The molecule has 6 heteroatoms. The molecule has 0 aliphatic heterocycles. The van der Waals surface area contributed by atoms with Crippen molar-refractivity contribution in [3.8, 4) is 11.4 Å². The first-order valence-electron chi connectivity index (χ1n) is 8.49. The molecule has 3 aromatic rings. The number of rotatable bonds is 8. The number of aromatic nitrogens is 3. The Balaban J connectivity index is 1.89. The van der Waals surface area contributed by atoms with Crippen molar-refractivity contribution in [2.75, 3.05) is 5.75 Å². The number of hydrogen-bond donors (Lipinski definition) is 0. The highest BCUT2D eigenvalue weighted by Gasteiger charge is 2.16. The Kier molecular flexibility index (Phi) is 6.47. The number of Topliss-reactive ketones (excluding diaryl/α,β-unsaturated/α-hetero) is 1. The molecule has 0 spiro atoms. The molecule has 3 rings (SSSR count). The lowest BCUT2D eigenvalue weighted by molar-refractivity contribution is -0.117. The molecule has 0 aliphatic rings. The van der Waals surface area contributed by atoms with Crippen LogP contribution in [0, 0.1) is 0 Å². The summed E-state index contributed by atoms with van der Waals surface area (Å²) in [6, 6.07) is 17.9. The molecule has 4 nitrogen and oxygen atoms in total. The Labute approximate surface area is 162 Å². The SMILES string of the molecule is CC(=O)CCCSc1nnc(-c2ccccc2Cl)n1Cc1ccccc1. The minimum Gasteiger partial charge on any atom is -0.300 e. The Morgan fingerprint density at radius 2 is 1.81 bits per heavy atom. The zero-order chi connectivity index (χ0) is 18.4. The fraction of sp³-hybridized carbons (Fsp3) is 0.250. The number of thioether (sulfide) groups is 1. The van der Waals surface area contributed by atoms with Crippen LogP contribution in [0.3, 0.4) is 0 Å². The maximum absolute atomic E-state index is 11.1. The van der Waals surface area contributed by atoms with Crippen LogP contribution in [-0.2, 0) is 11.3 Å². The third-order valence-corrected chi connectivity index (χ3v) is 5.30. The lowest BCUT2D eigenvalue weighted by Crippen LogP contribution is -2.04. The van der Waals surface area contributed by atoms with E-state index in [4.69, 9.17) is 11.6 Å². The molecule has 0 bridgehead atoms. The van der Waals surface area contributed by atoms with Crippen LogP contribution in [0.4, 0.5) is 0 Å². The number of halogens is 1. The minimum absolute atomic E-state index is 0.216. The standard InChI is InChI=1S/C20H20ClN3OS/c1-15(25)8-7-13-26-20-23-22-19(17-11-5-6-12-18(17)21)24(20)14-16-9-3-2-4-10-16/h2-6,9-12H,7-8,13-14H2,1H3. The highest BCUT2D eigenvalue weighted by molar-refractivity contribution is 7.99. The normalized spacial score (nSPS) is 10.8. The van der Waals surface area contributed by atoms with Gasteiger partial charge in [-0.3, -0.25) is 4.57 Å². The predicted octanol–water partition coefficient (Wildman–Crippen LogP) is 5.11. The summed E-state index contributed by atoms with van der Waals surface area (Å²) in [5.41, 5.74) is 2.04. The fourth-order valence-electron chi connectivity index (χ4n) is 2.63. The van der Waals surface area contributed by atoms with Gasteiger partial charge in [0.1, 0.15) is 5.78 Å². The minimum atomic E-state index is 0.216. The van der Waals surface area contributed by atoms with E-state index in [9.17, 15) is 4.79 Å². The van der Waals surface area contributed by atoms with E-state index in [1.54, 1.807) is 18.7 Å². The summed E-state index contributed by atoms with van der Waals surface area (Å²) in [6.45, 7) is 2.29. The van der Waals surface area contributed by atoms with Crippen LogP contribution in [0.5, 0.6) is 0 Å². The van der Waals surface area contributed by atoms with Gasteiger partial charge in [0.2, 0.25) is 0 Å². The summed E-state index contributed by atoms with van der Waals surface area (Å²) >= 11 is 8.00. The summed E-state index contributed by atoms with van der Waals surface area (Å²) in [5.74, 6) is 1.80. The molecule has 2 aromatic carbocycles. The van der Waals surface area contributed by atoms with Crippen LogP contribution in [0.15, 0.2) is 59.8 Å². The van der Waals surface area contributed by atoms with Crippen molar-refractivity contribution in [1.29, 1.82) is 0 Å². The first-order chi connectivity index (χ1) is 12.6. The van der Waals surface area contributed by atoms with E-state index < -0.39 is 0 Å². The van der Waals surface area contributed by atoms with Crippen LogP contribution in [-0.4, -0.2) is 26.3 Å². The number of carbonyl (C=O) groups excluding carboxylic acids is 1. The second-order valence-corrected chi connectivity index (χ2v) is 7.48. The van der Waals surface area contributed by atoms with Gasteiger partial charge in [0.25, 0.3) is 0 Å². The van der Waals surface area contributed by atoms with Crippen LogP contribution in [0.25, 0.3) is 11.4 Å². The molecular formula is C20H20ClN3OS. The van der Waals surface area contributed by atoms with E-state index in [1.165, 1.54) is 5.56 Å². The average Bonchev–Trinajstić information content (AvgIpc) is 3.02. The first-order valence-corrected chi connectivity index (χ1v) is 9.86. The Bertz CT molecular complexity index is 880. The molecule has 0 radical (unpaired) electrons. The monoisotopic (exact) mass is 385 g/mol. The van der Waals surface area contributed by atoms with Crippen molar-refractivity contribution in [2.24, 2.45) is 0 Å². The third-order valence-electron chi connectivity index (χ3n) is 3.92. The van der Waals surface area contributed by atoms with E-state index in [-0.39, 0.29) is 5.78 Å². The third kappa shape index (κ3) is 4.74. The predicted molar refractivity (Wildman–Crippen MR) is 107 cm³/mol. The van der Waals surface area contributed by atoms with Gasteiger partial charge in [-0.1, -0.05) is 65.8 Å². The molecule has 0 fully saturated rings. The average molecular weight is 386 g/mol. The molecule has 0 aliphatic carbocycles. The molecule has 0 atom stereocenters. The van der Waals surface area contributed by atoms with Crippen molar-refractivity contribution < 1.29 is 4.79 Å². The van der Waals surface area contributed by atoms with Crippen LogP contribution in [0.1, 0.15) is 25.3 Å². The summed E-state index contributed by atoms with van der Waals surface area (Å²) in [4.78, 5) is 11.1. The van der Waals surface area contributed by atoms with Crippen molar-refractivity contribution in [3.63, 3.8) is 0 Å². The van der Waals surface area contributed by atoms with E-state index in [0.29, 0.717) is 18.0 Å². The summed E-state index contributed by atoms with van der Waals surface area (Å²) in [5, 5.41) is 10.3. The van der Waals surface area contributed by atoms with Gasteiger partial charge in [0, 0.05) is 17.7 Å². The van der Waals surface area contributed by atoms with E-state index in [1.807, 2.05) is 42.5 Å². The zero-order valence-corrected chi connectivity index (χ0v) is 16.1. The Hall–Kier alpha value is -2.11. The van der Waals surface area contributed by atoms with Gasteiger partial charge in [-0.05, 0) is 31.0 Å². The molecule has 26 heavy (non-hydrogen) atoms. The molecule has 1 heterocycles. The van der Waals surface area contributed by atoms with Gasteiger partial charge in [-0.25, -0.2) is 0 Å². The number of benzene rings is 2. The van der Waals surface area contributed by atoms with Crippen molar-refractivity contribution >= 4 is 29.1 Å². The maximum atomic E-state index is 11.1. The van der Waals surface area contributed by atoms with Crippen molar-refractivity contribution in [2.45, 2.75) is 31.5 Å². The van der Waals surface area contributed by atoms with Gasteiger partial charge in [0.05, 0.1) is 11.6 Å². The number of hydrogen-bond acceptors (Lipinski definition) is 4. The second-order valence-electron chi connectivity index (χ2n) is 6.01. The van der Waals surface area contributed by atoms with Crippen molar-refractivity contribution in [3.05, 3.63) is 65.2 Å². The maximum Gasteiger partial charge on any atom is 0.191 e. The molecule has 0 unspecified atom stereocenters. The Morgan fingerprint density at radius 3 is 2.54 bits per heavy atom. The molecule has 0 amide bonds. The van der Waals surface area contributed by atoms with Crippen molar-refractivity contribution in [1.82, 2.24) is 14.8 Å². The molecule has 0 N–H and O–H groups in total. The number of carbonyl (C=O) groups is 1. The Morgan fingerprint density at radius 1 is 1.08 bits per heavy atom. The molecule has 0 saturated heterocycles.